The normalized spacial score (nSPS) is 16.5. The zero-order valence-electron chi connectivity index (χ0n) is 14.8. The molecule has 1 amide bonds. The Hall–Kier alpha value is -1.83. The van der Waals surface area contributed by atoms with Crippen LogP contribution in [0.4, 0.5) is 5.69 Å². The number of hydrogen-bond acceptors (Lipinski definition) is 4. The summed E-state index contributed by atoms with van der Waals surface area (Å²) in [5.41, 5.74) is 1.71. The van der Waals surface area contributed by atoms with Gasteiger partial charge in [0.1, 0.15) is 0 Å². The predicted octanol–water partition coefficient (Wildman–Crippen LogP) is 3.05. The number of sulfonamides is 1. The van der Waals surface area contributed by atoms with Gasteiger partial charge in [0.05, 0.1) is 4.90 Å². The van der Waals surface area contributed by atoms with E-state index in [4.69, 9.17) is 0 Å². The first kappa shape index (κ1) is 18.9. The van der Waals surface area contributed by atoms with Crippen molar-refractivity contribution in [3.63, 3.8) is 0 Å². The lowest BCUT2D eigenvalue weighted by atomic mass is 10.1. The second kappa shape index (κ2) is 7.82. The van der Waals surface area contributed by atoms with Crippen LogP contribution in [-0.2, 0) is 21.2 Å². The molecule has 0 bridgehead atoms. The number of rotatable bonds is 6. The molecule has 0 aromatic heterocycles. The van der Waals surface area contributed by atoms with E-state index in [1.807, 2.05) is 37.3 Å². The van der Waals surface area contributed by atoms with Crippen LogP contribution in [0.5, 0.6) is 0 Å². The number of amides is 1. The Morgan fingerprint density at radius 2 is 1.96 bits per heavy atom. The van der Waals surface area contributed by atoms with Gasteiger partial charge in [-0.05, 0) is 49.2 Å². The fourth-order valence-electron chi connectivity index (χ4n) is 3.20. The van der Waals surface area contributed by atoms with Gasteiger partial charge < -0.3 is 4.90 Å². The highest BCUT2D eigenvalue weighted by atomic mass is 32.2. The van der Waals surface area contributed by atoms with Crippen LogP contribution >= 0.6 is 11.8 Å². The molecular weight excluding hydrogens is 368 g/mol. The molecule has 0 saturated heterocycles. The number of hydrogen-bond donors (Lipinski definition) is 1. The Kier molecular flexibility index (Phi) is 5.70. The van der Waals surface area contributed by atoms with E-state index < -0.39 is 10.0 Å². The second-order valence-electron chi connectivity index (χ2n) is 6.29. The van der Waals surface area contributed by atoms with Crippen molar-refractivity contribution in [2.24, 2.45) is 0 Å². The molecule has 0 aliphatic carbocycles. The van der Waals surface area contributed by atoms with Gasteiger partial charge in [-0.1, -0.05) is 18.2 Å². The maximum atomic E-state index is 12.5. The monoisotopic (exact) mass is 390 g/mol. The molecule has 0 spiro atoms. The lowest BCUT2D eigenvalue weighted by molar-refractivity contribution is -0.116. The van der Waals surface area contributed by atoms with E-state index in [0.29, 0.717) is 18.7 Å². The van der Waals surface area contributed by atoms with E-state index in [-0.39, 0.29) is 16.8 Å². The summed E-state index contributed by atoms with van der Waals surface area (Å²) < 4.78 is 27.7. The number of nitrogens with zero attached hydrogens (tertiary/aromatic N) is 1. The van der Waals surface area contributed by atoms with Gasteiger partial charge in [-0.25, -0.2) is 13.1 Å². The zero-order chi connectivity index (χ0) is 18.7. The van der Waals surface area contributed by atoms with Gasteiger partial charge >= 0.3 is 0 Å². The molecule has 1 unspecified atom stereocenters. The first-order valence-electron chi connectivity index (χ1n) is 8.49. The molecule has 1 N–H and O–H groups in total. The van der Waals surface area contributed by atoms with Gasteiger partial charge in [-0.3, -0.25) is 4.79 Å². The van der Waals surface area contributed by atoms with Crippen LogP contribution in [0.2, 0.25) is 0 Å². The van der Waals surface area contributed by atoms with Gasteiger partial charge in [0, 0.05) is 35.8 Å². The molecule has 3 rings (SSSR count). The van der Waals surface area contributed by atoms with Crippen molar-refractivity contribution in [1.29, 1.82) is 0 Å². The Labute approximate surface area is 158 Å². The van der Waals surface area contributed by atoms with Crippen LogP contribution in [0.25, 0.3) is 0 Å². The summed E-state index contributed by atoms with van der Waals surface area (Å²) in [6, 6.07) is 14.9. The summed E-state index contributed by atoms with van der Waals surface area (Å²) in [7, 11) is -3.56. The lowest BCUT2D eigenvalue weighted by Crippen LogP contribution is -2.33. The largest absolute Gasteiger partial charge is 0.309 e. The van der Waals surface area contributed by atoms with E-state index in [2.05, 4.69) is 4.72 Å². The number of nitrogens with one attached hydrogen (secondary N) is 1. The molecule has 26 heavy (non-hydrogen) atoms. The number of benzene rings is 2. The predicted molar refractivity (Wildman–Crippen MR) is 105 cm³/mol. The maximum Gasteiger partial charge on any atom is 0.240 e. The molecule has 0 radical (unpaired) electrons. The summed E-state index contributed by atoms with van der Waals surface area (Å²) in [6.45, 7) is 3.85. The minimum atomic E-state index is -3.56. The average Bonchev–Trinajstić information content (AvgIpc) is 2.94. The third-order valence-corrected chi connectivity index (χ3v) is 6.79. The molecule has 7 heteroatoms. The number of carbonyl (C=O) groups is 1. The fraction of sp³-hybridized carbons (Fsp3) is 0.316. The van der Waals surface area contributed by atoms with E-state index >= 15 is 0 Å². The average molecular weight is 391 g/mol. The highest BCUT2D eigenvalue weighted by Gasteiger charge is 2.30. The molecular formula is C19H22N2O3S2. The first-order chi connectivity index (χ1) is 12.4. The van der Waals surface area contributed by atoms with E-state index in [0.717, 1.165) is 16.1 Å². The van der Waals surface area contributed by atoms with Crippen LogP contribution in [0.15, 0.2) is 58.3 Å². The van der Waals surface area contributed by atoms with E-state index in [1.54, 1.807) is 34.9 Å². The molecule has 1 heterocycles. The summed E-state index contributed by atoms with van der Waals surface area (Å²) in [4.78, 5) is 14.9. The third-order valence-electron chi connectivity index (χ3n) is 4.32. The van der Waals surface area contributed by atoms with Crippen molar-refractivity contribution in [3.05, 3.63) is 54.1 Å². The standard InChI is InChI=1S/C19H22N2O3S2/c1-14-12-16-13-18(8-9-19(16)21(14)15(2)22)26(23,24)20-10-11-25-17-6-4-3-5-7-17/h3-9,13-14,20H,10-12H2,1-2H3. The Morgan fingerprint density at radius 3 is 2.65 bits per heavy atom. The van der Waals surface area contributed by atoms with Crippen LogP contribution in [0.1, 0.15) is 19.4 Å². The quantitative estimate of drug-likeness (QED) is 0.608. The molecule has 1 aliphatic rings. The lowest BCUT2D eigenvalue weighted by Gasteiger charge is -2.20. The molecule has 2 aromatic carbocycles. The van der Waals surface area contributed by atoms with Crippen LogP contribution < -0.4 is 9.62 Å². The van der Waals surface area contributed by atoms with E-state index in [1.165, 1.54) is 6.92 Å². The van der Waals surface area contributed by atoms with Crippen molar-refractivity contribution >= 4 is 33.4 Å². The van der Waals surface area contributed by atoms with Crippen molar-refractivity contribution in [2.45, 2.75) is 36.1 Å². The molecule has 5 nitrogen and oxygen atoms in total. The number of thioether (sulfide) groups is 1. The first-order valence-corrected chi connectivity index (χ1v) is 11.0. The van der Waals surface area contributed by atoms with Gasteiger partial charge in [-0.15, -0.1) is 11.8 Å². The SMILES string of the molecule is CC(=O)N1c2ccc(S(=O)(=O)NCCSc3ccccc3)cc2CC1C. The molecule has 1 atom stereocenters. The molecule has 1 aliphatic heterocycles. The summed E-state index contributed by atoms with van der Waals surface area (Å²) in [6.07, 6.45) is 0.669. The van der Waals surface area contributed by atoms with Crippen molar-refractivity contribution in [1.82, 2.24) is 4.72 Å². The Morgan fingerprint density at radius 1 is 1.23 bits per heavy atom. The number of fused-ring (bicyclic) bond motifs is 1. The molecule has 0 fully saturated rings. The summed E-state index contributed by atoms with van der Waals surface area (Å²) in [5, 5.41) is 0. The smallest absolute Gasteiger partial charge is 0.240 e. The number of anilines is 1. The molecule has 0 saturated carbocycles. The van der Waals surface area contributed by atoms with E-state index in [9.17, 15) is 13.2 Å². The minimum absolute atomic E-state index is 0.0251. The summed E-state index contributed by atoms with van der Waals surface area (Å²) in [5.74, 6) is 0.631. The van der Waals surface area contributed by atoms with Gasteiger partial charge in [0.2, 0.25) is 15.9 Å². The highest BCUT2D eigenvalue weighted by molar-refractivity contribution is 7.99. The van der Waals surface area contributed by atoms with Crippen LogP contribution in [0, 0.1) is 0 Å². The summed E-state index contributed by atoms with van der Waals surface area (Å²) >= 11 is 1.61. The van der Waals surface area contributed by atoms with Crippen molar-refractivity contribution in [2.75, 3.05) is 17.2 Å². The zero-order valence-corrected chi connectivity index (χ0v) is 16.4. The number of carbonyl (C=O) groups excluding carboxylic acids is 1. The maximum absolute atomic E-state index is 12.5. The minimum Gasteiger partial charge on any atom is -0.309 e. The second-order valence-corrected chi connectivity index (χ2v) is 9.23. The van der Waals surface area contributed by atoms with Crippen LogP contribution in [-0.4, -0.2) is 32.7 Å². The van der Waals surface area contributed by atoms with Gasteiger partial charge in [0.15, 0.2) is 0 Å². The topological polar surface area (TPSA) is 66.5 Å². The molecule has 138 valence electrons. The fourth-order valence-corrected chi connectivity index (χ4v) is 5.20. The van der Waals surface area contributed by atoms with Gasteiger partial charge in [0.25, 0.3) is 0 Å². The third kappa shape index (κ3) is 4.11. The van der Waals surface area contributed by atoms with Crippen molar-refractivity contribution < 1.29 is 13.2 Å². The van der Waals surface area contributed by atoms with Gasteiger partial charge in [-0.2, -0.15) is 0 Å². The van der Waals surface area contributed by atoms with Crippen LogP contribution in [0.3, 0.4) is 0 Å². The Bertz CT molecular complexity index is 898. The Balaban J connectivity index is 1.65. The molecule has 2 aromatic rings. The van der Waals surface area contributed by atoms with Crippen molar-refractivity contribution in [3.8, 4) is 0 Å². The highest BCUT2D eigenvalue weighted by Crippen LogP contribution is 2.33.